The third-order valence-electron chi connectivity index (χ3n) is 3.97. The van der Waals surface area contributed by atoms with Crippen molar-refractivity contribution >= 4 is 6.09 Å². The van der Waals surface area contributed by atoms with Crippen LogP contribution in [0.5, 0.6) is 0 Å². The molecule has 150 valence electrons. The molecule has 0 bridgehead atoms. The first-order valence-electron chi connectivity index (χ1n) is 10.2. The van der Waals surface area contributed by atoms with E-state index < -0.39 is 5.60 Å². The number of rotatable bonds is 14. The van der Waals surface area contributed by atoms with Gasteiger partial charge >= 0.3 is 6.09 Å². The van der Waals surface area contributed by atoms with Gasteiger partial charge in [0.2, 0.25) is 0 Å². The van der Waals surface area contributed by atoms with Gasteiger partial charge in [-0.2, -0.15) is 0 Å². The van der Waals surface area contributed by atoms with Crippen LogP contribution in [0.4, 0.5) is 4.79 Å². The van der Waals surface area contributed by atoms with Gasteiger partial charge in [0.15, 0.2) is 0 Å². The molecular weight excluding hydrogens is 314 g/mol. The van der Waals surface area contributed by atoms with Gasteiger partial charge in [0, 0.05) is 19.6 Å². The maximum Gasteiger partial charge on any atom is 0.407 e. The average Bonchev–Trinajstić information content (AvgIpc) is 2.49. The largest absolute Gasteiger partial charge is 0.444 e. The van der Waals surface area contributed by atoms with Crippen molar-refractivity contribution in [2.75, 3.05) is 39.3 Å². The molecule has 25 heavy (non-hydrogen) atoms. The molecule has 2 N–H and O–H groups in total. The van der Waals surface area contributed by atoms with Gasteiger partial charge in [-0.15, -0.1) is 0 Å². The van der Waals surface area contributed by atoms with E-state index in [0.717, 1.165) is 32.5 Å². The first kappa shape index (κ1) is 24.2. The highest BCUT2D eigenvalue weighted by Gasteiger charge is 2.15. The molecule has 0 aliphatic rings. The van der Waals surface area contributed by atoms with Gasteiger partial charge < -0.3 is 20.3 Å². The fourth-order valence-corrected chi connectivity index (χ4v) is 2.78. The van der Waals surface area contributed by atoms with Crippen molar-refractivity contribution < 1.29 is 9.53 Å². The first-order chi connectivity index (χ1) is 11.8. The fraction of sp³-hybridized carbons (Fsp3) is 0.950. The Hall–Kier alpha value is -0.810. The molecule has 0 fully saturated rings. The Kier molecular flexibility index (Phi) is 13.9. The summed E-state index contributed by atoms with van der Waals surface area (Å²) in [6, 6.07) is 0. The summed E-state index contributed by atoms with van der Waals surface area (Å²) in [6.45, 7) is 18.8. The van der Waals surface area contributed by atoms with Crippen molar-refractivity contribution in [3.8, 4) is 0 Å². The highest BCUT2D eigenvalue weighted by Crippen LogP contribution is 2.08. The molecule has 0 saturated heterocycles. The van der Waals surface area contributed by atoms with E-state index in [1.807, 2.05) is 20.8 Å². The third-order valence-corrected chi connectivity index (χ3v) is 3.97. The Balaban J connectivity index is 3.58. The number of amides is 1. The molecule has 1 amide bonds. The van der Waals surface area contributed by atoms with Crippen molar-refractivity contribution in [3.05, 3.63) is 0 Å². The minimum Gasteiger partial charge on any atom is -0.444 e. The first-order valence-corrected chi connectivity index (χ1v) is 10.2. The number of unbranched alkanes of at least 4 members (excludes halogenated alkanes) is 1. The van der Waals surface area contributed by atoms with E-state index in [9.17, 15) is 4.79 Å². The molecule has 1 unspecified atom stereocenters. The number of nitrogens with one attached hydrogen (secondary N) is 2. The monoisotopic (exact) mass is 357 g/mol. The second-order valence-corrected chi connectivity index (χ2v) is 8.08. The van der Waals surface area contributed by atoms with Crippen molar-refractivity contribution in [1.29, 1.82) is 0 Å². The number of hydrogen-bond donors (Lipinski definition) is 2. The third kappa shape index (κ3) is 16.4. The number of nitrogens with zero attached hydrogens (tertiary/aromatic N) is 1. The van der Waals surface area contributed by atoms with Crippen LogP contribution in [0.25, 0.3) is 0 Å². The zero-order chi connectivity index (χ0) is 19.1. The van der Waals surface area contributed by atoms with Crippen LogP contribution in [0.15, 0.2) is 0 Å². The van der Waals surface area contributed by atoms with Crippen LogP contribution < -0.4 is 10.6 Å². The second-order valence-electron chi connectivity index (χ2n) is 8.08. The Labute approximate surface area is 156 Å². The lowest BCUT2D eigenvalue weighted by Crippen LogP contribution is -2.34. The van der Waals surface area contributed by atoms with Crippen LogP contribution in [0.2, 0.25) is 0 Å². The van der Waals surface area contributed by atoms with E-state index in [4.69, 9.17) is 4.74 Å². The van der Waals surface area contributed by atoms with E-state index in [0.29, 0.717) is 12.5 Å². The average molecular weight is 358 g/mol. The molecule has 0 spiro atoms. The van der Waals surface area contributed by atoms with Crippen molar-refractivity contribution in [1.82, 2.24) is 15.5 Å². The predicted octanol–water partition coefficient (Wildman–Crippen LogP) is 4.03. The Morgan fingerprint density at radius 3 is 2.24 bits per heavy atom. The Morgan fingerprint density at radius 2 is 1.68 bits per heavy atom. The standard InChI is InChI=1S/C20H43N3O2/c1-7-14-23(15-8-2)16-13-21-17-18(3)11-9-10-12-22-19(24)25-20(4,5)6/h18,21H,7-17H2,1-6H3,(H,22,24). The molecule has 5 nitrogen and oxygen atoms in total. The van der Waals surface area contributed by atoms with Crippen LogP contribution >= 0.6 is 0 Å². The molecule has 0 heterocycles. The molecule has 0 aromatic carbocycles. The van der Waals surface area contributed by atoms with E-state index in [1.54, 1.807) is 0 Å². The molecule has 0 saturated carbocycles. The highest BCUT2D eigenvalue weighted by molar-refractivity contribution is 5.67. The predicted molar refractivity (Wildman–Crippen MR) is 107 cm³/mol. The van der Waals surface area contributed by atoms with Crippen molar-refractivity contribution in [2.45, 2.75) is 79.2 Å². The maximum atomic E-state index is 11.5. The van der Waals surface area contributed by atoms with E-state index >= 15 is 0 Å². The Bertz CT molecular complexity index is 323. The maximum absolute atomic E-state index is 11.5. The zero-order valence-corrected chi connectivity index (χ0v) is 17.6. The minimum atomic E-state index is -0.423. The van der Waals surface area contributed by atoms with Gasteiger partial charge in [-0.1, -0.05) is 27.2 Å². The summed E-state index contributed by atoms with van der Waals surface area (Å²) in [5, 5.41) is 6.41. The second kappa shape index (κ2) is 14.4. The summed E-state index contributed by atoms with van der Waals surface area (Å²) in [6.07, 6.45) is 5.48. The molecule has 5 heteroatoms. The quantitative estimate of drug-likeness (QED) is 0.461. The highest BCUT2D eigenvalue weighted by atomic mass is 16.6. The van der Waals surface area contributed by atoms with Gasteiger partial charge in [-0.05, 0) is 72.0 Å². The molecule has 0 radical (unpaired) electrons. The summed E-state index contributed by atoms with van der Waals surface area (Å²) in [7, 11) is 0. The number of alkyl carbamates (subject to hydrolysis) is 1. The van der Waals surface area contributed by atoms with E-state index in [-0.39, 0.29) is 6.09 Å². The SMILES string of the molecule is CCCN(CCC)CCNCC(C)CCCCNC(=O)OC(C)(C)C. The smallest absolute Gasteiger partial charge is 0.407 e. The van der Waals surface area contributed by atoms with E-state index in [2.05, 4.69) is 36.3 Å². The van der Waals surface area contributed by atoms with Crippen LogP contribution in [0.3, 0.4) is 0 Å². The lowest BCUT2D eigenvalue weighted by Gasteiger charge is -2.21. The summed E-state index contributed by atoms with van der Waals surface area (Å²) in [5.74, 6) is 0.673. The van der Waals surface area contributed by atoms with Gasteiger partial charge in [0.25, 0.3) is 0 Å². The van der Waals surface area contributed by atoms with Gasteiger partial charge in [-0.25, -0.2) is 4.79 Å². The van der Waals surface area contributed by atoms with Crippen LogP contribution in [0.1, 0.15) is 73.6 Å². The lowest BCUT2D eigenvalue weighted by molar-refractivity contribution is 0.0527. The summed E-state index contributed by atoms with van der Waals surface area (Å²) < 4.78 is 5.22. The number of carbonyl (C=O) groups is 1. The number of ether oxygens (including phenoxy) is 1. The van der Waals surface area contributed by atoms with Gasteiger partial charge in [-0.3, -0.25) is 0 Å². The van der Waals surface area contributed by atoms with Crippen LogP contribution in [-0.2, 0) is 4.74 Å². The molecule has 0 aromatic rings. The fourth-order valence-electron chi connectivity index (χ4n) is 2.78. The molecule has 1 atom stereocenters. The molecule has 0 rings (SSSR count). The number of carbonyl (C=O) groups excluding carboxylic acids is 1. The summed E-state index contributed by atoms with van der Waals surface area (Å²) in [5.41, 5.74) is -0.423. The zero-order valence-electron chi connectivity index (χ0n) is 17.6. The normalized spacial score (nSPS) is 13.1. The topological polar surface area (TPSA) is 53.6 Å². The lowest BCUT2D eigenvalue weighted by atomic mass is 10.0. The van der Waals surface area contributed by atoms with Crippen molar-refractivity contribution in [3.63, 3.8) is 0 Å². The summed E-state index contributed by atoms with van der Waals surface area (Å²) in [4.78, 5) is 14.1. The van der Waals surface area contributed by atoms with Crippen LogP contribution in [-0.4, -0.2) is 55.9 Å². The van der Waals surface area contributed by atoms with Crippen LogP contribution in [0, 0.1) is 5.92 Å². The molecular formula is C20H43N3O2. The minimum absolute atomic E-state index is 0.314. The van der Waals surface area contributed by atoms with Gasteiger partial charge in [0.1, 0.15) is 5.60 Å². The number of hydrogen-bond acceptors (Lipinski definition) is 4. The summed E-state index contributed by atoms with van der Waals surface area (Å²) >= 11 is 0. The Morgan fingerprint density at radius 1 is 1.04 bits per heavy atom. The van der Waals surface area contributed by atoms with E-state index in [1.165, 1.54) is 32.4 Å². The van der Waals surface area contributed by atoms with Gasteiger partial charge in [0.05, 0.1) is 0 Å². The molecule has 0 aliphatic heterocycles. The van der Waals surface area contributed by atoms with Crippen molar-refractivity contribution in [2.24, 2.45) is 5.92 Å². The molecule has 0 aromatic heterocycles. The molecule has 0 aliphatic carbocycles.